The first-order chi connectivity index (χ1) is 51.8. The van der Waals surface area contributed by atoms with Crippen molar-refractivity contribution in [1.82, 2.24) is 5.32 Å². The van der Waals surface area contributed by atoms with E-state index in [4.69, 9.17) is 28.4 Å². The van der Waals surface area contributed by atoms with Crippen molar-refractivity contribution in [2.24, 2.45) is 0 Å². The Hall–Kier alpha value is -3.03. The van der Waals surface area contributed by atoms with Gasteiger partial charge in [-0.3, -0.25) is 4.79 Å². The number of ether oxygens (including phenoxy) is 6. The monoisotopic (exact) mass is 1500 g/mol. The van der Waals surface area contributed by atoms with E-state index in [2.05, 4.69) is 92.1 Å². The normalized spacial score (nSPS) is 26.1. The van der Waals surface area contributed by atoms with Crippen molar-refractivity contribution >= 4 is 5.91 Å². The lowest BCUT2D eigenvalue weighted by atomic mass is 9.96. The van der Waals surface area contributed by atoms with E-state index in [1.807, 2.05) is 6.08 Å². The van der Waals surface area contributed by atoms with Crippen LogP contribution in [0.4, 0.5) is 0 Å². The van der Waals surface area contributed by atoms with Gasteiger partial charge in [-0.25, -0.2) is 0 Å². The van der Waals surface area contributed by atoms with Gasteiger partial charge >= 0.3 is 0 Å². The summed E-state index contributed by atoms with van der Waals surface area (Å²) in [5, 5.41) is 121. The quantitative estimate of drug-likeness (QED) is 0.0199. The number of unbranched alkanes of at least 4 members (excludes halogenated alkanes) is 40. The van der Waals surface area contributed by atoms with Gasteiger partial charge in [0.15, 0.2) is 18.9 Å². The van der Waals surface area contributed by atoms with Gasteiger partial charge in [-0.2, -0.15) is 0 Å². The van der Waals surface area contributed by atoms with Crippen LogP contribution in [-0.2, 0) is 33.2 Å². The van der Waals surface area contributed by atoms with E-state index in [0.717, 1.165) is 83.5 Å². The third kappa shape index (κ3) is 45.5. The van der Waals surface area contributed by atoms with Gasteiger partial charge in [-0.1, -0.05) is 336 Å². The Bertz CT molecular complexity index is 2240. The van der Waals surface area contributed by atoms with Crippen LogP contribution < -0.4 is 5.32 Å². The molecule has 3 aliphatic heterocycles. The third-order valence-electron chi connectivity index (χ3n) is 20.9. The number of allylic oxidation sites excluding steroid dienone is 13. The van der Waals surface area contributed by atoms with Gasteiger partial charge in [0, 0.05) is 6.42 Å². The minimum Gasteiger partial charge on any atom is -0.394 e. The summed E-state index contributed by atoms with van der Waals surface area (Å²) < 4.78 is 34.5. The van der Waals surface area contributed by atoms with E-state index < -0.39 is 124 Å². The number of hydrogen-bond acceptors (Lipinski definition) is 18. The highest BCUT2D eigenvalue weighted by atomic mass is 16.8. The molecule has 3 rings (SSSR count). The largest absolute Gasteiger partial charge is 0.394 e. The van der Waals surface area contributed by atoms with Crippen LogP contribution in [0.25, 0.3) is 0 Å². The van der Waals surface area contributed by atoms with Gasteiger partial charge in [0.1, 0.15) is 73.2 Å². The number of rotatable bonds is 68. The Labute approximate surface area is 641 Å². The number of nitrogens with one attached hydrogen (secondary N) is 1. The van der Waals surface area contributed by atoms with Crippen molar-refractivity contribution in [1.29, 1.82) is 0 Å². The molecule has 0 aliphatic carbocycles. The van der Waals surface area contributed by atoms with Gasteiger partial charge in [0.25, 0.3) is 0 Å². The fourth-order valence-corrected chi connectivity index (χ4v) is 14.1. The van der Waals surface area contributed by atoms with Crippen LogP contribution in [0.1, 0.15) is 328 Å². The van der Waals surface area contributed by atoms with E-state index in [1.165, 1.54) is 218 Å². The van der Waals surface area contributed by atoms with E-state index in [-0.39, 0.29) is 18.9 Å². The maximum Gasteiger partial charge on any atom is 0.220 e. The van der Waals surface area contributed by atoms with Gasteiger partial charge in [-0.15, -0.1) is 0 Å². The second-order valence-corrected chi connectivity index (χ2v) is 30.3. The highest BCUT2D eigenvalue weighted by Crippen LogP contribution is 2.33. The predicted molar refractivity (Wildman–Crippen MR) is 424 cm³/mol. The molecule has 12 N–H and O–H groups in total. The van der Waals surface area contributed by atoms with Crippen molar-refractivity contribution in [3.05, 3.63) is 85.1 Å². The Morgan fingerprint density at radius 2 is 0.651 bits per heavy atom. The summed E-state index contributed by atoms with van der Waals surface area (Å²) in [7, 11) is 0. The molecule has 0 bridgehead atoms. The lowest BCUT2D eigenvalue weighted by Gasteiger charge is -2.48. The minimum atomic E-state index is -1.98. The number of aliphatic hydroxyl groups is 11. The van der Waals surface area contributed by atoms with E-state index in [0.29, 0.717) is 6.42 Å². The lowest BCUT2D eigenvalue weighted by molar-refractivity contribution is -0.379. The number of amides is 1. The van der Waals surface area contributed by atoms with Crippen molar-refractivity contribution in [2.45, 2.75) is 433 Å². The molecule has 17 atom stereocenters. The second kappa shape index (κ2) is 66.6. The van der Waals surface area contributed by atoms with Crippen LogP contribution in [0.15, 0.2) is 85.1 Å². The SMILES string of the molecule is CC/C=C\C/C=C\C/C=C\C/C=C\C/C=C\C/C=C\CCCCCCCCCCCCCCCCCCCCCCCCC(=O)NC(COC1OC(CO)C(OC2OC(CO)C(OC3OC(CO)C(O)C(O)C3O)C(O)C2O)C(O)C1O)C(O)/C=C/CCCCCCCCCCCCCCCCCCCC. The molecule has 0 aromatic carbocycles. The first kappa shape index (κ1) is 97.2. The molecule has 19 nitrogen and oxygen atoms in total. The first-order valence-electron chi connectivity index (χ1n) is 42.8. The average molecular weight is 1500 g/mol. The zero-order valence-electron chi connectivity index (χ0n) is 66.2. The van der Waals surface area contributed by atoms with Crippen molar-refractivity contribution in [3.8, 4) is 0 Å². The molecule has 0 spiro atoms. The van der Waals surface area contributed by atoms with Crippen molar-refractivity contribution in [2.75, 3.05) is 26.4 Å². The molecule has 106 heavy (non-hydrogen) atoms. The molecule has 0 aromatic rings. The summed E-state index contributed by atoms with van der Waals surface area (Å²) in [6, 6.07) is -0.975. The fourth-order valence-electron chi connectivity index (χ4n) is 14.1. The molecule has 17 unspecified atom stereocenters. The number of hydrogen-bond donors (Lipinski definition) is 12. The van der Waals surface area contributed by atoms with Crippen LogP contribution in [0.2, 0.25) is 0 Å². The number of carbonyl (C=O) groups excluding carboxylic acids is 1. The lowest BCUT2D eigenvalue weighted by Crippen LogP contribution is -2.66. The molecule has 0 saturated carbocycles. The summed E-state index contributed by atoms with van der Waals surface area (Å²) >= 11 is 0. The predicted octanol–water partition coefficient (Wildman–Crippen LogP) is 15.3. The summed E-state index contributed by atoms with van der Waals surface area (Å²) in [5.41, 5.74) is 0. The van der Waals surface area contributed by atoms with Gasteiger partial charge in [0.2, 0.25) is 5.91 Å². The maximum atomic E-state index is 13.5. The van der Waals surface area contributed by atoms with Gasteiger partial charge in [-0.05, 0) is 70.6 Å². The van der Waals surface area contributed by atoms with Gasteiger partial charge < -0.3 is 89.9 Å². The molecular weight excluding hydrogens is 1350 g/mol. The zero-order valence-corrected chi connectivity index (χ0v) is 66.2. The Morgan fingerprint density at radius 1 is 0.349 bits per heavy atom. The van der Waals surface area contributed by atoms with Crippen LogP contribution in [0.5, 0.6) is 0 Å². The Morgan fingerprint density at radius 3 is 1.02 bits per heavy atom. The van der Waals surface area contributed by atoms with Crippen LogP contribution in [-0.4, -0.2) is 193 Å². The summed E-state index contributed by atoms with van der Waals surface area (Å²) in [6.45, 7) is 1.66. The molecule has 1 amide bonds. The summed E-state index contributed by atoms with van der Waals surface area (Å²) in [5.74, 6) is -0.271. The molecule has 0 aromatic heterocycles. The fraction of sp³-hybridized carbons (Fsp3) is 0.828. The van der Waals surface area contributed by atoms with Crippen LogP contribution >= 0.6 is 0 Å². The van der Waals surface area contributed by atoms with Crippen LogP contribution in [0.3, 0.4) is 0 Å². The maximum absolute atomic E-state index is 13.5. The summed E-state index contributed by atoms with van der Waals surface area (Å²) in [4.78, 5) is 13.5. The number of carbonyl (C=O) groups is 1. The molecule has 616 valence electrons. The molecule has 3 saturated heterocycles. The standard InChI is InChI=1S/C87H155NO18/c1-3-5-7-9-11-13-15-17-19-21-23-25-26-27-28-29-30-31-32-33-34-35-36-37-38-39-40-41-42-43-44-45-47-49-51-53-55-57-59-61-63-65-75(93)88-70(71(92)64-62-60-58-56-54-52-50-48-46-24-22-20-18-16-14-12-10-8-6-4-2)69-101-85-81(99)78(96)83(73(67-90)103-85)106-87-82(100)79(97)84(74(68-91)104-87)105-86-80(98)77(95)76(94)72(66-89)102-86/h5,7,11,13,17,19,23,25,27-28,30-31,62,64,70-74,76-87,89-92,94-100H,3-4,6,8-10,12,14-16,18,20-22,24,26,29,32-61,63,65-69H2,1-2H3,(H,88,93)/b7-5-,13-11-,19-17-,25-23-,28-27-,31-30-,64-62+. The van der Waals surface area contributed by atoms with E-state index >= 15 is 0 Å². The second-order valence-electron chi connectivity index (χ2n) is 30.3. The number of aliphatic hydroxyl groups excluding tert-OH is 11. The van der Waals surface area contributed by atoms with Crippen molar-refractivity contribution in [3.63, 3.8) is 0 Å². The van der Waals surface area contributed by atoms with Crippen LogP contribution in [0, 0.1) is 0 Å². The zero-order chi connectivity index (χ0) is 76.7. The molecule has 3 aliphatic rings. The highest BCUT2D eigenvalue weighted by Gasteiger charge is 2.54. The molecular formula is C87H155NO18. The van der Waals surface area contributed by atoms with E-state index in [1.54, 1.807) is 6.08 Å². The Kier molecular flexibility index (Phi) is 61.0. The average Bonchev–Trinajstić information content (AvgIpc) is 0.780. The molecule has 3 fully saturated rings. The molecule has 3 heterocycles. The van der Waals surface area contributed by atoms with Crippen molar-refractivity contribution < 1.29 is 89.4 Å². The third-order valence-corrected chi connectivity index (χ3v) is 20.9. The minimum absolute atomic E-state index is 0.244. The van der Waals surface area contributed by atoms with E-state index in [9.17, 15) is 61.0 Å². The highest BCUT2D eigenvalue weighted by molar-refractivity contribution is 5.76. The summed E-state index contributed by atoms with van der Waals surface area (Å²) in [6.07, 6.45) is 63.0. The molecule has 19 heteroatoms. The van der Waals surface area contributed by atoms with Gasteiger partial charge in [0.05, 0.1) is 38.6 Å². The smallest absolute Gasteiger partial charge is 0.220 e. The topological polar surface area (TPSA) is 307 Å². The first-order valence-corrected chi connectivity index (χ1v) is 42.8. The molecule has 0 radical (unpaired) electrons. The Balaban J connectivity index is 1.30.